The van der Waals surface area contributed by atoms with Crippen LogP contribution in [0.15, 0.2) is 0 Å². The van der Waals surface area contributed by atoms with Gasteiger partial charge in [-0.15, -0.1) is 0 Å². The Hall–Kier alpha value is 0.700. The van der Waals surface area contributed by atoms with E-state index in [1.54, 1.807) is 0 Å². The minimum absolute atomic E-state index is 0.684. The molecule has 0 aliphatic heterocycles. The molecule has 70 valence electrons. The van der Waals surface area contributed by atoms with Gasteiger partial charge in [-0.3, -0.25) is 0 Å². The maximum atomic E-state index is 2.28. The van der Waals surface area contributed by atoms with Crippen LogP contribution in [0.5, 0.6) is 0 Å². The predicted molar refractivity (Wildman–Crippen MR) is 63.0 cm³/mol. The fourth-order valence-electron chi connectivity index (χ4n) is 0.612. The Labute approximate surface area is 79.9 Å². The Morgan fingerprint density at radius 1 is 1.09 bits per heavy atom. The lowest BCUT2D eigenvalue weighted by Crippen LogP contribution is -1.98. The zero-order valence-corrected chi connectivity index (χ0v) is 10.3. The summed E-state index contributed by atoms with van der Waals surface area (Å²) >= 11 is 1.90. The molecule has 0 aliphatic carbocycles. The molecule has 0 aromatic carbocycles. The highest BCUT2D eigenvalue weighted by Crippen LogP contribution is 1.91. The second-order valence-electron chi connectivity index (χ2n) is 2.68. The van der Waals surface area contributed by atoms with Crippen molar-refractivity contribution in [1.82, 2.24) is 0 Å². The van der Waals surface area contributed by atoms with Crippen molar-refractivity contribution in [2.24, 2.45) is 0 Å². The maximum Gasteiger partial charge on any atom is 0.107 e. The molecule has 0 saturated carbocycles. The van der Waals surface area contributed by atoms with Gasteiger partial charge in [0.15, 0.2) is 0 Å². The molecule has 0 rings (SSSR count). The maximum absolute atomic E-state index is 2.28. The van der Waals surface area contributed by atoms with E-state index in [9.17, 15) is 0 Å². The number of thioether (sulfide) groups is 1. The molecule has 0 nitrogen and oxygen atoms in total. The molecule has 0 bridgehead atoms. The Morgan fingerprint density at radius 2 is 1.64 bits per heavy atom. The van der Waals surface area contributed by atoms with Gasteiger partial charge < -0.3 is 0 Å². The topological polar surface area (TPSA) is 0 Å². The SMILES string of the molecule is CCCSC.CCC[S+](C)C. The van der Waals surface area contributed by atoms with Crippen molar-refractivity contribution in [3.05, 3.63) is 0 Å². The highest BCUT2D eigenvalue weighted by Gasteiger charge is 1.94. The van der Waals surface area contributed by atoms with Crippen molar-refractivity contribution in [1.29, 1.82) is 0 Å². The van der Waals surface area contributed by atoms with Crippen LogP contribution in [0, 0.1) is 0 Å². The van der Waals surface area contributed by atoms with Crippen LogP contribution in [-0.4, -0.2) is 30.3 Å². The van der Waals surface area contributed by atoms with E-state index in [0.29, 0.717) is 10.9 Å². The molecule has 11 heavy (non-hydrogen) atoms. The third-order valence-electron chi connectivity index (χ3n) is 1.02. The van der Waals surface area contributed by atoms with Crippen LogP contribution in [0.4, 0.5) is 0 Å². The molecule has 0 fully saturated rings. The van der Waals surface area contributed by atoms with E-state index in [4.69, 9.17) is 0 Å². The lowest BCUT2D eigenvalue weighted by atomic mass is 10.6. The molecule has 0 unspecified atom stereocenters. The Morgan fingerprint density at radius 3 is 1.64 bits per heavy atom. The zero-order chi connectivity index (χ0) is 9.11. The average molecular weight is 195 g/mol. The molecule has 0 atom stereocenters. The van der Waals surface area contributed by atoms with Crippen LogP contribution in [0.1, 0.15) is 26.7 Å². The fourth-order valence-corrected chi connectivity index (χ4v) is 1.84. The summed E-state index contributed by atoms with van der Waals surface area (Å²) in [5, 5.41) is 0. The first kappa shape index (κ1) is 14.2. The molecule has 0 heterocycles. The van der Waals surface area contributed by atoms with Gasteiger partial charge in [-0.1, -0.05) is 13.8 Å². The quantitative estimate of drug-likeness (QED) is 0.621. The van der Waals surface area contributed by atoms with E-state index >= 15 is 0 Å². The van der Waals surface area contributed by atoms with E-state index in [2.05, 4.69) is 32.6 Å². The molecule has 0 radical (unpaired) electrons. The smallest absolute Gasteiger partial charge is 0.107 e. The summed E-state index contributed by atoms with van der Waals surface area (Å²) in [4.78, 5) is 0. The van der Waals surface area contributed by atoms with Crippen molar-refractivity contribution >= 4 is 22.7 Å². The van der Waals surface area contributed by atoms with Crippen molar-refractivity contribution < 1.29 is 0 Å². The van der Waals surface area contributed by atoms with Crippen molar-refractivity contribution in [2.75, 3.05) is 30.3 Å². The number of hydrogen-bond acceptors (Lipinski definition) is 1. The summed E-state index contributed by atoms with van der Waals surface area (Å²) in [5.74, 6) is 2.71. The van der Waals surface area contributed by atoms with E-state index in [0.717, 1.165) is 0 Å². The van der Waals surface area contributed by atoms with Gasteiger partial charge in [-0.25, -0.2) is 0 Å². The first-order valence-corrected chi connectivity index (χ1v) is 7.82. The lowest BCUT2D eigenvalue weighted by Gasteiger charge is -1.87. The van der Waals surface area contributed by atoms with Crippen molar-refractivity contribution in [3.63, 3.8) is 0 Å². The van der Waals surface area contributed by atoms with Crippen molar-refractivity contribution in [2.45, 2.75) is 26.7 Å². The van der Waals surface area contributed by atoms with Crippen LogP contribution >= 0.6 is 11.8 Å². The van der Waals surface area contributed by atoms with Gasteiger partial charge in [0, 0.05) is 0 Å². The van der Waals surface area contributed by atoms with Gasteiger partial charge in [0.2, 0.25) is 0 Å². The van der Waals surface area contributed by atoms with E-state index in [1.807, 2.05) is 11.8 Å². The third-order valence-corrected chi connectivity index (χ3v) is 3.06. The molecule has 0 amide bonds. The summed E-state index contributed by atoms with van der Waals surface area (Å²) in [6.07, 6.45) is 9.34. The molecule has 0 saturated heterocycles. The summed E-state index contributed by atoms with van der Waals surface area (Å²) in [7, 11) is 0.684. The third kappa shape index (κ3) is 24.9. The van der Waals surface area contributed by atoms with Crippen LogP contribution in [0.2, 0.25) is 0 Å². The Balaban J connectivity index is 0. The molecule has 0 aromatic rings. The number of rotatable bonds is 4. The fraction of sp³-hybridized carbons (Fsp3) is 1.00. The minimum Gasteiger partial charge on any atom is -0.165 e. The van der Waals surface area contributed by atoms with Crippen LogP contribution < -0.4 is 0 Å². The molecule has 0 N–H and O–H groups in total. The summed E-state index contributed by atoms with van der Waals surface area (Å²) in [5.41, 5.74) is 0. The normalized spacial score (nSPS) is 9.27. The molecular formula is C9H23S2+. The highest BCUT2D eigenvalue weighted by atomic mass is 32.2. The molecule has 2 heteroatoms. The summed E-state index contributed by atoms with van der Waals surface area (Å²) < 4.78 is 0. The number of hydrogen-bond donors (Lipinski definition) is 0. The molecular weight excluding hydrogens is 172 g/mol. The van der Waals surface area contributed by atoms with Gasteiger partial charge in [-0.05, 0) is 35.7 Å². The van der Waals surface area contributed by atoms with E-state index in [-0.39, 0.29) is 0 Å². The van der Waals surface area contributed by atoms with Crippen LogP contribution in [0.25, 0.3) is 0 Å². The molecule has 0 aliphatic rings. The van der Waals surface area contributed by atoms with Gasteiger partial charge in [0.25, 0.3) is 0 Å². The standard InChI is InChI=1S/C5H13S.C4H10S/c1-4-5-6(2)3;1-3-4-5-2/h4-5H2,1-3H3;3-4H2,1-2H3/q+1;. The lowest BCUT2D eigenvalue weighted by molar-refractivity contribution is 1.10. The first-order valence-electron chi connectivity index (χ1n) is 4.22. The Kier molecular flexibility index (Phi) is 17.2. The monoisotopic (exact) mass is 195 g/mol. The first-order chi connectivity index (χ1) is 5.18. The highest BCUT2D eigenvalue weighted by molar-refractivity contribution is 7.98. The van der Waals surface area contributed by atoms with Crippen LogP contribution in [-0.2, 0) is 10.9 Å². The molecule has 0 aromatic heterocycles. The van der Waals surface area contributed by atoms with Gasteiger partial charge in [-0.2, -0.15) is 11.8 Å². The van der Waals surface area contributed by atoms with Crippen molar-refractivity contribution in [3.8, 4) is 0 Å². The zero-order valence-electron chi connectivity index (χ0n) is 8.64. The van der Waals surface area contributed by atoms with Gasteiger partial charge in [0.1, 0.15) is 5.75 Å². The summed E-state index contributed by atoms with van der Waals surface area (Å²) in [6, 6.07) is 0. The summed E-state index contributed by atoms with van der Waals surface area (Å²) in [6.45, 7) is 4.42. The van der Waals surface area contributed by atoms with Gasteiger partial charge in [0.05, 0.1) is 12.5 Å². The van der Waals surface area contributed by atoms with E-state index < -0.39 is 0 Å². The minimum atomic E-state index is 0.684. The second kappa shape index (κ2) is 13.3. The Bertz CT molecular complexity index is 51.5. The second-order valence-corrected chi connectivity index (χ2v) is 6.05. The van der Waals surface area contributed by atoms with E-state index in [1.165, 1.54) is 24.3 Å². The molecule has 0 spiro atoms. The average Bonchev–Trinajstić information content (AvgIpc) is 1.90. The van der Waals surface area contributed by atoms with Crippen LogP contribution in [0.3, 0.4) is 0 Å². The van der Waals surface area contributed by atoms with Gasteiger partial charge >= 0.3 is 0 Å². The largest absolute Gasteiger partial charge is 0.165 e. The predicted octanol–water partition coefficient (Wildman–Crippen LogP) is 3.03.